The Morgan fingerprint density at radius 2 is 1.48 bits per heavy atom. The summed E-state index contributed by atoms with van der Waals surface area (Å²) in [6, 6.07) is 27.1. The van der Waals surface area contributed by atoms with Crippen molar-refractivity contribution in [3.63, 3.8) is 0 Å². The van der Waals surface area contributed by atoms with Gasteiger partial charge >= 0.3 is 0 Å². The van der Waals surface area contributed by atoms with Crippen molar-refractivity contribution < 1.29 is 8.42 Å². The van der Waals surface area contributed by atoms with Gasteiger partial charge in [0.15, 0.2) is 4.80 Å². The molecule has 0 N–H and O–H groups in total. The second-order valence-electron chi connectivity index (χ2n) is 7.23. The molecule has 0 saturated carbocycles. The van der Waals surface area contributed by atoms with E-state index in [2.05, 4.69) is 22.1 Å². The fraction of sp³-hybridized carbons (Fsp3) is 0.125. The van der Waals surface area contributed by atoms with Crippen LogP contribution < -0.4 is 4.80 Å². The number of nitrogens with zero attached hydrogens (tertiary/aromatic N) is 3. The van der Waals surface area contributed by atoms with Crippen LogP contribution in [0.1, 0.15) is 5.56 Å². The van der Waals surface area contributed by atoms with Crippen LogP contribution in [0.25, 0.3) is 11.3 Å². The molecular weight excluding hydrogens is 426 g/mol. The van der Waals surface area contributed by atoms with Gasteiger partial charge < -0.3 is 4.57 Å². The molecule has 158 valence electrons. The first-order valence-corrected chi connectivity index (χ1v) is 12.1. The van der Waals surface area contributed by atoms with Gasteiger partial charge in [0.25, 0.3) is 0 Å². The molecule has 1 aromatic heterocycles. The lowest BCUT2D eigenvalue weighted by atomic mass is 10.1. The maximum atomic E-state index is 12.4. The van der Waals surface area contributed by atoms with Gasteiger partial charge in [-0.15, -0.1) is 11.3 Å². The van der Waals surface area contributed by atoms with Crippen molar-refractivity contribution >= 4 is 27.0 Å². The van der Waals surface area contributed by atoms with E-state index in [-0.39, 0.29) is 4.90 Å². The second kappa shape index (κ2) is 9.01. The van der Waals surface area contributed by atoms with E-state index in [4.69, 9.17) is 4.99 Å². The Bertz CT molecular complexity index is 1320. The van der Waals surface area contributed by atoms with E-state index in [1.807, 2.05) is 60.7 Å². The maximum absolute atomic E-state index is 12.4. The molecule has 1 heterocycles. The summed E-state index contributed by atoms with van der Waals surface area (Å²) in [5.74, 6) is 0. The number of para-hydroxylation sites is 1. The van der Waals surface area contributed by atoms with Crippen molar-refractivity contribution in [3.8, 4) is 11.3 Å². The smallest absolute Gasteiger partial charge is 0.242 e. The van der Waals surface area contributed by atoms with Gasteiger partial charge in [0.1, 0.15) is 0 Å². The van der Waals surface area contributed by atoms with Crippen molar-refractivity contribution in [1.82, 2.24) is 8.87 Å². The molecular formula is C24H23N3O2S2. The Morgan fingerprint density at radius 3 is 2.10 bits per heavy atom. The van der Waals surface area contributed by atoms with Crippen LogP contribution in [-0.4, -0.2) is 31.4 Å². The zero-order chi connectivity index (χ0) is 21.8. The lowest BCUT2D eigenvalue weighted by molar-refractivity contribution is 0.521. The lowest BCUT2D eigenvalue weighted by Gasteiger charge is -2.13. The van der Waals surface area contributed by atoms with Crippen LogP contribution >= 0.6 is 11.3 Å². The third-order valence-corrected chi connectivity index (χ3v) is 7.58. The highest BCUT2D eigenvalue weighted by Gasteiger charge is 2.17. The number of aromatic nitrogens is 1. The monoisotopic (exact) mass is 449 g/mol. The first kappa shape index (κ1) is 21.2. The SMILES string of the molecule is CN(C)S(=O)(=O)c1ccc(-c2csc(=Nc3ccccc3)n2Cc2ccccc2)cc1. The Kier molecular flexibility index (Phi) is 6.18. The van der Waals surface area contributed by atoms with E-state index in [9.17, 15) is 8.42 Å². The highest BCUT2D eigenvalue weighted by molar-refractivity contribution is 7.89. The van der Waals surface area contributed by atoms with Crippen molar-refractivity contribution in [1.29, 1.82) is 0 Å². The fourth-order valence-corrected chi connectivity index (χ4v) is 5.02. The van der Waals surface area contributed by atoms with E-state index in [0.717, 1.165) is 21.7 Å². The molecule has 0 atom stereocenters. The third-order valence-electron chi connectivity index (χ3n) is 4.89. The standard InChI is InChI=1S/C24H23N3O2S2/c1-26(2)31(28,29)22-15-13-20(14-16-22)23-18-30-24(25-21-11-7-4-8-12-21)27(23)17-19-9-5-3-6-10-19/h3-16,18H,17H2,1-2H3. The molecule has 4 aromatic rings. The molecule has 0 bridgehead atoms. The lowest BCUT2D eigenvalue weighted by Crippen LogP contribution is -2.22. The van der Waals surface area contributed by atoms with Gasteiger partial charge in [-0.1, -0.05) is 60.7 Å². The zero-order valence-electron chi connectivity index (χ0n) is 17.3. The van der Waals surface area contributed by atoms with Gasteiger partial charge in [-0.05, 0) is 35.4 Å². The molecule has 0 aliphatic carbocycles. The van der Waals surface area contributed by atoms with Gasteiger partial charge in [-0.25, -0.2) is 17.7 Å². The molecule has 0 saturated heterocycles. The Balaban J connectivity index is 1.80. The van der Waals surface area contributed by atoms with Crippen molar-refractivity contribution in [2.75, 3.05) is 14.1 Å². The number of benzene rings is 3. The Hall–Kier alpha value is -3.00. The van der Waals surface area contributed by atoms with Gasteiger partial charge in [0.2, 0.25) is 10.0 Å². The van der Waals surface area contributed by atoms with Crippen LogP contribution in [0.2, 0.25) is 0 Å². The summed E-state index contributed by atoms with van der Waals surface area (Å²) < 4.78 is 28.2. The first-order valence-electron chi connectivity index (χ1n) is 9.80. The van der Waals surface area contributed by atoms with Crippen molar-refractivity contribution in [2.24, 2.45) is 4.99 Å². The van der Waals surface area contributed by atoms with Gasteiger partial charge in [-0.2, -0.15) is 0 Å². The second-order valence-corrected chi connectivity index (χ2v) is 10.2. The van der Waals surface area contributed by atoms with E-state index >= 15 is 0 Å². The third kappa shape index (κ3) is 4.69. The molecule has 0 aliphatic heterocycles. The number of rotatable bonds is 6. The molecule has 7 heteroatoms. The van der Waals surface area contributed by atoms with Crippen LogP contribution in [0, 0.1) is 0 Å². The largest absolute Gasteiger partial charge is 0.312 e. The number of sulfonamides is 1. The predicted molar refractivity (Wildman–Crippen MR) is 126 cm³/mol. The van der Waals surface area contributed by atoms with Crippen molar-refractivity contribution in [3.05, 3.63) is 101 Å². The molecule has 5 nitrogen and oxygen atoms in total. The molecule has 4 rings (SSSR count). The first-order chi connectivity index (χ1) is 14.9. The predicted octanol–water partition coefficient (Wildman–Crippen LogP) is 4.75. The van der Waals surface area contributed by atoms with E-state index < -0.39 is 10.0 Å². The molecule has 0 radical (unpaired) electrons. The fourth-order valence-electron chi connectivity index (χ4n) is 3.19. The number of hydrogen-bond donors (Lipinski definition) is 0. The summed E-state index contributed by atoms with van der Waals surface area (Å²) in [4.78, 5) is 6.00. The summed E-state index contributed by atoms with van der Waals surface area (Å²) in [6.07, 6.45) is 0. The topological polar surface area (TPSA) is 54.7 Å². The highest BCUT2D eigenvalue weighted by atomic mass is 32.2. The minimum absolute atomic E-state index is 0.278. The van der Waals surface area contributed by atoms with Crippen LogP contribution in [-0.2, 0) is 16.6 Å². The summed E-state index contributed by atoms with van der Waals surface area (Å²) in [5.41, 5.74) is 4.00. The molecule has 0 fully saturated rings. The summed E-state index contributed by atoms with van der Waals surface area (Å²) in [5, 5.41) is 2.07. The minimum Gasteiger partial charge on any atom is -0.312 e. The molecule has 0 aliphatic rings. The molecule has 0 amide bonds. The summed E-state index contributed by atoms with van der Waals surface area (Å²) >= 11 is 1.57. The number of thiazole rings is 1. The normalized spacial score (nSPS) is 12.4. The van der Waals surface area contributed by atoms with Crippen LogP contribution in [0.3, 0.4) is 0 Å². The quantitative estimate of drug-likeness (QED) is 0.427. The van der Waals surface area contributed by atoms with E-state index in [1.54, 1.807) is 23.5 Å². The highest BCUT2D eigenvalue weighted by Crippen LogP contribution is 2.24. The minimum atomic E-state index is -3.46. The molecule has 0 spiro atoms. The van der Waals surface area contributed by atoms with Crippen LogP contribution in [0.4, 0.5) is 5.69 Å². The van der Waals surface area contributed by atoms with Crippen LogP contribution in [0.5, 0.6) is 0 Å². The average molecular weight is 450 g/mol. The maximum Gasteiger partial charge on any atom is 0.242 e. The molecule has 3 aromatic carbocycles. The zero-order valence-corrected chi connectivity index (χ0v) is 19.0. The summed E-state index contributed by atoms with van der Waals surface area (Å²) in [6.45, 7) is 0.670. The van der Waals surface area contributed by atoms with Gasteiger partial charge in [-0.3, -0.25) is 0 Å². The molecule has 31 heavy (non-hydrogen) atoms. The van der Waals surface area contributed by atoms with E-state index in [0.29, 0.717) is 6.54 Å². The van der Waals surface area contributed by atoms with E-state index in [1.165, 1.54) is 24.0 Å². The average Bonchev–Trinajstić information content (AvgIpc) is 3.17. The van der Waals surface area contributed by atoms with Gasteiger partial charge in [0.05, 0.1) is 22.8 Å². The van der Waals surface area contributed by atoms with Crippen molar-refractivity contribution in [2.45, 2.75) is 11.4 Å². The number of hydrogen-bond acceptors (Lipinski definition) is 4. The Morgan fingerprint density at radius 1 is 0.871 bits per heavy atom. The molecule has 0 unspecified atom stereocenters. The summed E-state index contributed by atoms with van der Waals surface area (Å²) in [7, 11) is -0.389. The van der Waals surface area contributed by atoms with Gasteiger partial charge in [0, 0.05) is 19.5 Å². The Labute approximate surface area is 186 Å². The van der Waals surface area contributed by atoms with Crippen LogP contribution in [0.15, 0.2) is 100 Å².